The maximum Gasteiger partial charge on any atom is 0.264 e. The van der Waals surface area contributed by atoms with Crippen LogP contribution in [0.1, 0.15) is 54.5 Å². The molecule has 1 unspecified atom stereocenters. The van der Waals surface area contributed by atoms with Gasteiger partial charge in [0, 0.05) is 47.3 Å². The van der Waals surface area contributed by atoms with E-state index in [0.717, 1.165) is 51.3 Å². The average Bonchev–Trinajstić information content (AvgIpc) is 3.98. The van der Waals surface area contributed by atoms with E-state index < -0.39 is 13.7 Å². The first-order valence-corrected chi connectivity index (χ1v) is 23.3. The lowest BCUT2D eigenvalue weighted by Crippen LogP contribution is -2.51. The number of hydrogen-bond acceptors (Lipinski definition) is 7. The Kier molecular flexibility index (Phi) is 10.5. The molecular formula is C44H48BrN5O5Si. The highest BCUT2D eigenvalue weighted by atomic mass is 79.9. The van der Waals surface area contributed by atoms with Gasteiger partial charge in [0.05, 0.1) is 51.7 Å². The fourth-order valence-corrected chi connectivity index (χ4v) is 13.9. The minimum absolute atomic E-state index is 0.0550. The van der Waals surface area contributed by atoms with E-state index in [1.807, 2.05) is 99.5 Å². The lowest BCUT2D eigenvalue weighted by atomic mass is 9.82. The molecule has 56 heavy (non-hydrogen) atoms. The van der Waals surface area contributed by atoms with Crippen LogP contribution in [-0.4, -0.2) is 66.4 Å². The molecule has 5 aromatic rings. The second-order valence-electron chi connectivity index (χ2n) is 15.9. The smallest absolute Gasteiger partial charge is 0.264 e. The molecule has 3 aliphatic rings. The summed E-state index contributed by atoms with van der Waals surface area (Å²) in [6, 6.07) is 32.4. The lowest BCUT2D eigenvalue weighted by molar-refractivity contribution is -0.146. The molecule has 2 amide bonds. The lowest BCUT2D eigenvalue weighted by Gasteiger charge is -2.37. The van der Waals surface area contributed by atoms with Gasteiger partial charge in [-0.1, -0.05) is 101 Å². The molecule has 10 nitrogen and oxygen atoms in total. The van der Waals surface area contributed by atoms with Gasteiger partial charge in [0.2, 0.25) is 5.91 Å². The fraction of sp³-hybridized carbons (Fsp3) is 0.364. The largest absolute Gasteiger partial charge is 0.497 e. The van der Waals surface area contributed by atoms with Crippen LogP contribution in [0.15, 0.2) is 108 Å². The van der Waals surface area contributed by atoms with Crippen molar-refractivity contribution in [3.05, 3.63) is 130 Å². The fourth-order valence-electron chi connectivity index (χ4n) is 9.49. The van der Waals surface area contributed by atoms with Crippen molar-refractivity contribution in [2.24, 2.45) is 5.92 Å². The van der Waals surface area contributed by atoms with Crippen LogP contribution in [0.2, 0.25) is 18.6 Å². The Morgan fingerprint density at radius 3 is 2.45 bits per heavy atom. The molecule has 4 heterocycles. The number of anilines is 2. The van der Waals surface area contributed by atoms with Crippen molar-refractivity contribution < 1.29 is 24.2 Å². The topological polar surface area (TPSA) is 110 Å². The second kappa shape index (κ2) is 15.4. The van der Waals surface area contributed by atoms with Crippen molar-refractivity contribution in [3.8, 4) is 5.75 Å². The number of carbonyl (C=O) groups excluding carboxylic acids is 2. The molecule has 0 radical (unpaired) electrons. The molecule has 290 valence electrons. The summed E-state index contributed by atoms with van der Waals surface area (Å²) >= 11 is 3.73. The Labute approximate surface area is 337 Å². The molecule has 3 aliphatic heterocycles. The van der Waals surface area contributed by atoms with Gasteiger partial charge in [-0.15, -0.1) is 5.10 Å². The molecule has 1 aromatic heterocycles. The predicted molar refractivity (Wildman–Crippen MR) is 223 cm³/mol. The first-order valence-electron chi connectivity index (χ1n) is 19.4. The quantitative estimate of drug-likeness (QED) is 0.133. The van der Waals surface area contributed by atoms with Crippen LogP contribution in [0.5, 0.6) is 5.75 Å². The van der Waals surface area contributed by atoms with Crippen LogP contribution < -0.4 is 19.7 Å². The van der Waals surface area contributed by atoms with E-state index in [1.165, 1.54) is 5.19 Å². The van der Waals surface area contributed by atoms with Crippen molar-refractivity contribution in [2.75, 3.05) is 30.1 Å². The number of hydrogen-bond donors (Lipinski definition) is 1. The molecule has 2 saturated heterocycles. The molecule has 12 heteroatoms. The van der Waals surface area contributed by atoms with Crippen LogP contribution in [0.25, 0.3) is 0 Å². The summed E-state index contributed by atoms with van der Waals surface area (Å²) in [6.45, 7) is 8.54. The van der Waals surface area contributed by atoms with Gasteiger partial charge in [-0.05, 0) is 72.0 Å². The van der Waals surface area contributed by atoms with Crippen molar-refractivity contribution >= 4 is 52.4 Å². The van der Waals surface area contributed by atoms with Crippen molar-refractivity contribution in [2.45, 2.75) is 75.5 Å². The molecule has 4 aromatic carbocycles. The van der Waals surface area contributed by atoms with Crippen LogP contribution >= 0.6 is 15.9 Å². The summed E-state index contributed by atoms with van der Waals surface area (Å²) < 4.78 is 15.6. The number of aliphatic hydroxyl groups is 1. The number of benzene rings is 4. The van der Waals surface area contributed by atoms with Gasteiger partial charge >= 0.3 is 0 Å². The molecule has 2 fully saturated rings. The number of amides is 2. The van der Waals surface area contributed by atoms with Crippen LogP contribution in [0.4, 0.5) is 11.4 Å². The monoisotopic (exact) mass is 833 g/mol. The molecule has 1 spiro atoms. The second-order valence-corrected chi connectivity index (χ2v) is 21.5. The number of ether oxygens (including phenoxy) is 2. The van der Waals surface area contributed by atoms with Gasteiger partial charge in [-0.3, -0.25) is 14.3 Å². The summed E-state index contributed by atoms with van der Waals surface area (Å²) in [7, 11) is -0.683. The van der Waals surface area contributed by atoms with E-state index >= 15 is 4.79 Å². The number of carbonyl (C=O) groups is 2. The van der Waals surface area contributed by atoms with Gasteiger partial charge in [0.25, 0.3) is 5.91 Å². The highest BCUT2D eigenvalue weighted by molar-refractivity contribution is 9.10. The van der Waals surface area contributed by atoms with E-state index in [4.69, 9.17) is 9.47 Å². The van der Waals surface area contributed by atoms with Crippen LogP contribution in [0, 0.1) is 5.92 Å². The third kappa shape index (κ3) is 6.70. The highest BCUT2D eigenvalue weighted by Gasteiger charge is 2.66. The average molecular weight is 835 g/mol. The number of methoxy groups -OCH3 is 1. The Balaban J connectivity index is 1.13. The molecule has 0 bridgehead atoms. The third-order valence-electron chi connectivity index (χ3n) is 12.4. The molecular weight excluding hydrogens is 787 g/mol. The zero-order valence-electron chi connectivity index (χ0n) is 32.3. The summed E-state index contributed by atoms with van der Waals surface area (Å²) in [5.74, 6) is 0.467. The zero-order chi connectivity index (χ0) is 39.2. The van der Waals surface area contributed by atoms with Crippen LogP contribution in [-0.2, 0) is 33.0 Å². The number of fused-ring (bicyclic) bond motifs is 2. The molecule has 5 atom stereocenters. The third-order valence-corrected chi connectivity index (χ3v) is 17.3. The first-order chi connectivity index (χ1) is 27.0. The Bertz CT molecular complexity index is 2220. The van der Waals surface area contributed by atoms with Crippen molar-refractivity contribution in [1.82, 2.24) is 15.0 Å². The number of aliphatic hydroxyl groups excluding tert-OH is 1. The Morgan fingerprint density at radius 2 is 1.77 bits per heavy atom. The summed E-state index contributed by atoms with van der Waals surface area (Å²) in [6.07, 6.45) is 3.72. The molecule has 8 rings (SSSR count). The molecule has 1 N–H and O–H groups in total. The van der Waals surface area contributed by atoms with E-state index in [1.54, 1.807) is 7.11 Å². The van der Waals surface area contributed by atoms with Gasteiger partial charge in [0.15, 0.2) is 5.60 Å². The minimum Gasteiger partial charge on any atom is -0.497 e. The van der Waals surface area contributed by atoms with Gasteiger partial charge < -0.3 is 24.4 Å². The normalized spacial score (nSPS) is 22.6. The maximum atomic E-state index is 15.3. The first kappa shape index (κ1) is 38.3. The highest BCUT2D eigenvalue weighted by Crippen LogP contribution is 2.60. The van der Waals surface area contributed by atoms with E-state index in [-0.39, 0.29) is 41.9 Å². The number of halogens is 1. The number of rotatable bonds is 12. The van der Waals surface area contributed by atoms with Gasteiger partial charge in [-0.2, -0.15) is 0 Å². The van der Waals surface area contributed by atoms with Crippen molar-refractivity contribution in [3.63, 3.8) is 0 Å². The summed E-state index contributed by atoms with van der Waals surface area (Å²) in [5.41, 5.74) is 4.15. The van der Waals surface area contributed by atoms with Crippen LogP contribution in [0.3, 0.4) is 0 Å². The molecule has 0 saturated carbocycles. The number of aromatic nitrogens is 3. The summed E-state index contributed by atoms with van der Waals surface area (Å²) in [4.78, 5) is 31.4. The standard InChI is InChI=1S/C44H48BrN5O5Si/c1-29-42(56(3,4)35-19-17-34(54-2)18-20-35)40(22-24-48-27-38(46-47-48)36(28-51)31-9-6-5-7-10-31)55-44(29)37-25-32(45)14-21-39(37)50(43(44)53)26-30-12-15-33(16-13-30)49-23-8-11-41(49)52/h5-7,9-10,12-21,25,27,29,36,40,42,51H,8,11,22-24,26,28H2,1-4H3/t29-,36?,40+,42-,44+/m0/s1. The Hall–Kier alpha value is -4.62. The zero-order valence-corrected chi connectivity index (χ0v) is 34.9. The maximum absolute atomic E-state index is 15.3. The summed E-state index contributed by atoms with van der Waals surface area (Å²) in [5, 5.41) is 20.6. The number of nitrogens with zero attached hydrogens (tertiary/aromatic N) is 5. The van der Waals surface area contributed by atoms with Gasteiger partial charge in [-0.25, -0.2) is 0 Å². The molecule has 0 aliphatic carbocycles. The van der Waals surface area contributed by atoms with E-state index in [0.29, 0.717) is 31.6 Å². The SMILES string of the molecule is COc1ccc([Si](C)(C)[C@@H]2[C@@H](CCn3cc(C(CO)c4ccccc4)nn3)O[C@]3(C(=O)N(Cc4ccc(N5CCCC5=O)cc4)c4ccc(Br)cc43)[C@H]2C)cc1. The van der Waals surface area contributed by atoms with E-state index in [9.17, 15) is 9.90 Å². The minimum atomic E-state index is -2.36. The van der Waals surface area contributed by atoms with E-state index in [2.05, 4.69) is 64.5 Å². The number of aryl methyl sites for hydroxylation is 1. The predicted octanol–water partition coefficient (Wildman–Crippen LogP) is 7.15. The van der Waals surface area contributed by atoms with Crippen molar-refractivity contribution in [1.29, 1.82) is 0 Å². The Morgan fingerprint density at radius 1 is 1.02 bits per heavy atom. The van der Waals surface area contributed by atoms with Gasteiger partial charge in [0.1, 0.15) is 5.75 Å².